The average molecular weight is 251 g/mol. The van der Waals surface area contributed by atoms with Gasteiger partial charge in [0.15, 0.2) is 0 Å². The molecular formula is C17H33N. The van der Waals surface area contributed by atoms with E-state index in [0.717, 1.165) is 18.5 Å². The quantitative estimate of drug-likeness (QED) is 0.700. The van der Waals surface area contributed by atoms with Crippen molar-refractivity contribution in [2.45, 2.75) is 90.5 Å². The molecule has 1 N–H and O–H groups in total. The summed E-state index contributed by atoms with van der Waals surface area (Å²) in [5.74, 6) is 0.954. The summed E-state index contributed by atoms with van der Waals surface area (Å²) in [5.41, 5.74) is 0.587. The first-order chi connectivity index (χ1) is 8.76. The van der Waals surface area contributed by atoms with Crippen molar-refractivity contribution >= 4 is 0 Å². The highest BCUT2D eigenvalue weighted by atomic mass is 14.9. The van der Waals surface area contributed by atoms with Crippen LogP contribution < -0.4 is 5.32 Å². The minimum Gasteiger partial charge on any atom is -0.313 e. The van der Waals surface area contributed by atoms with E-state index < -0.39 is 0 Å². The van der Waals surface area contributed by atoms with Gasteiger partial charge in [0.1, 0.15) is 0 Å². The zero-order valence-electron chi connectivity index (χ0n) is 12.6. The van der Waals surface area contributed by atoms with Gasteiger partial charge in [0, 0.05) is 6.04 Å². The third-order valence-corrected chi connectivity index (χ3v) is 5.54. The summed E-state index contributed by atoms with van der Waals surface area (Å²) >= 11 is 0. The Hall–Kier alpha value is -0.0400. The van der Waals surface area contributed by atoms with Gasteiger partial charge in [-0.05, 0) is 43.6 Å². The molecule has 0 aromatic heterocycles. The van der Waals surface area contributed by atoms with E-state index in [-0.39, 0.29) is 0 Å². The zero-order valence-corrected chi connectivity index (χ0v) is 12.6. The topological polar surface area (TPSA) is 12.0 Å². The molecule has 0 bridgehead atoms. The molecule has 1 atom stereocenters. The van der Waals surface area contributed by atoms with Crippen LogP contribution in [0.15, 0.2) is 0 Å². The van der Waals surface area contributed by atoms with E-state index in [2.05, 4.69) is 19.2 Å². The third-order valence-electron chi connectivity index (χ3n) is 5.54. The highest BCUT2D eigenvalue weighted by Gasteiger charge is 2.39. The van der Waals surface area contributed by atoms with Crippen molar-refractivity contribution in [3.05, 3.63) is 0 Å². The molecule has 0 saturated heterocycles. The molecule has 0 radical (unpaired) electrons. The molecular weight excluding hydrogens is 218 g/mol. The molecule has 1 unspecified atom stereocenters. The lowest BCUT2D eigenvalue weighted by Gasteiger charge is -2.45. The number of rotatable bonds is 4. The van der Waals surface area contributed by atoms with Gasteiger partial charge >= 0.3 is 0 Å². The van der Waals surface area contributed by atoms with Crippen LogP contribution in [-0.4, -0.2) is 12.6 Å². The normalized spacial score (nSPS) is 27.7. The van der Waals surface area contributed by atoms with E-state index >= 15 is 0 Å². The molecule has 2 aliphatic carbocycles. The number of hydrogen-bond donors (Lipinski definition) is 1. The standard InChI is InChI=1S/C17H33N/c1-3-18-16(15-11-7-4-5-8-12-15)17(2)13-9-6-10-14-17/h15-16,18H,3-14H2,1-2H3. The predicted molar refractivity (Wildman–Crippen MR) is 79.8 cm³/mol. The van der Waals surface area contributed by atoms with Crippen LogP contribution in [-0.2, 0) is 0 Å². The van der Waals surface area contributed by atoms with Gasteiger partial charge in [-0.2, -0.15) is 0 Å². The van der Waals surface area contributed by atoms with Crippen LogP contribution in [0, 0.1) is 11.3 Å². The zero-order chi connectivity index (χ0) is 12.8. The van der Waals surface area contributed by atoms with E-state index in [1.807, 2.05) is 0 Å². The van der Waals surface area contributed by atoms with E-state index in [4.69, 9.17) is 0 Å². The number of nitrogens with one attached hydrogen (secondary N) is 1. The molecule has 1 nitrogen and oxygen atoms in total. The monoisotopic (exact) mass is 251 g/mol. The largest absolute Gasteiger partial charge is 0.313 e. The summed E-state index contributed by atoms with van der Waals surface area (Å²) in [7, 11) is 0. The molecule has 2 rings (SSSR count). The van der Waals surface area contributed by atoms with Crippen LogP contribution in [0.3, 0.4) is 0 Å². The van der Waals surface area contributed by atoms with Crippen molar-refractivity contribution in [2.24, 2.45) is 11.3 Å². The summed E-state index contributed by atoms with van der Waals surface area (Å²) < 4.78 is 0. The van der Waals surface area contributed by atoms with Crippen LogP contribution in [0.25, 0.3) is 0 Å². The Kier molecular flexibility index (Phi) is 5.54. The fourth-order valence-electron chi connectivity index (χ4n) is 4.52. The van der Waals surface area contributed by atoms with Gasteiger partial charge in [-0.3, -0.25) is 0 Å². The Balaban J connectivity index is 2.04. The van der Waals surface area contributed by atoms with Crippen molar-refractivity contribution < 1.29 is 0 Å². The molecule has 0 amide bonds. The highest BCUT2D eigenvalue weighted by molar-refractivity contribution is 4.94. The summed E-state index contributed by atoms with van der Waals surface area (Å²) in [6, 6.07) is 0.792. The predicted octanol–water partition coefficient (Wildman–Crippen LogP) is 4.91. The Labute approximate surface area is 114 Å². The smallest absolute Gasteiger partial charge is 0.0149 e. The maximum atomic E-state index is 3.89. The average Bonchev–Trinajstić information content (AvgIpc) is 2.65. The van der Waals surface area contributed by atoms with Crippen LogP contribution in [0.4, 0.5) is 0 Å². The fraction of sp³-hybridized carbons (Fsp3) is 1.00. The van der Waals surface area contributed by atoms with Gasteiger partial charge < -0.3 is 5.32 Å². The van der Waals surface area contributed by atoms with E-state index in [0.29, 0.717) is 5.41 Å². The summed E-state index contributed by atoms with van der Waals surface area (Å²) in [4.78, 5) is 0. The highest BCUT2D eigenvalue weighted by Crippen LogP contribution is 2.43. The second-order valence-electron chi connectivity index (χ2n) is 7.00. The van der Waals surface area contributed by atoms with Crippen molar-refractivity contribution in [2.75, 3.05) is 6.54 Å². The van der Waals surface area contributed by atoms with Crippen LogP contribution in [0.2, 0.25) is 0 Å². The fourth-order valence-corrected chi connectivity index (χ4v) is 4.52. The van der Waals surface area contributed by atoms with E-state index in [1.54, 1.807) is 0 Å². The van der Waals surface area contributed by atoms with Crippen LogP contribution in [0.5, 0.6) is 0 Å². The van der Waals surface area contributed by atoms with E-state index in [1.165, 1.54) is 70.6 Å². The van der Waals surface area contributed by atoms with Gasteiger partial charge in [-0.25, -0.2) is 0 Å². The van der Waals surface area contributed by atoms with Crippen molar-refractivity contribution in [3.8, 4) is 0 Å². The van der Waals surface area contributed by atoms with Crippen molar-refractivity contribution in [1.82, 2.24) is 5.32 Å². The van der Waals surface area contributed by atoms with Gasteiger partial charge in [-0.15, -0.1) is 0 Å². The molecule has 0 aromatic carbocycles. The Morgan fingerprint density at radius 2 is 1.50 bits per heavy atom. The Morgan fingerprint density at radius 1 is 0.944 bits per heavy atom. The lowest BCUT2D eigenvalue weighted by atomic mass is 9.65. The first-order valence-electron chi connectivity index (χ1n) is 8.49. The Bertz CT molecular complexity index is 222. The first-order valence-corrected chi connectivity index (χ1v) is 8.49. The maximum absolute atomic E-state index is 3.89. The first kappa shape index (κ1) is 14.4. The summed E-state index contributed by atoms with van der Waals surface area (Å²) in [6.45, 7) is 6.01. The van der Waals surface area contributed by atoms with Gasteiger partial charge in [0.25, 0.3) is 0 Å². The van der Waals surface area contributed by atoms with Crippen LogP contribution >= 0.6 is 0 Å². The number of hydrogen-bond acceptors (Lipinski definition) is 1. The van der Waals surface area contributed by atoms with Gasteiger partial charge in [0.2, 0.25) is 0 Å². The molecule has 106 valence electrons. The molecule has 2 aliphatic rings. The Morgan fingerprint density at radius 3 is 2.06 bits per heavy atom. The lowest BCUT2D eigenvalue weighted by Crippen LogP contribution is -2.49. The molecule has 0 aliphatic heterocycles. The molecule has 0 aromatic rings. The summed E-state index contributed by atoms with van der Waals surface area (Å²) in [5, 5.41) is 3.89. The second kappa shape index (κ2) is 6.93. The molecule has 1 heteroatoms. The summed E-state index contributed by atoms with van der Waals surface area (Å²) in [6.07, 6.45) is 16.2. The molecule has 18 heavy (non-hydrogen) atoms. The molecule has 2 fully saturated rings. The van der Waals surface area contributed by atoms with Crippen molar-refractivity contribution in [1.29, 1.82) is 0 Å². The van der Waals surface area contributed by atoms with Gasteiger partial charge in [-0.1, -0.05) is 58.8 Å². The minimum absolute atomic E-state index is 0.587. The maximum Gasteiger partial charge on any atom is 0.0149 e. The van der Waals surface area contributed by atoms with E-state index in [9.17, 15) is 0 Å². The third kappa shape index (κ3) is 3.50. The molecule has 0 spiro atoms. The van der Waals surface area contributed by atoms with Gasteiger partial charge in [0.05, 0.1) is 0 Å². The second-order valence-corrected chi connectivity index (χ2v) is 7.00. The SMILES string of the molecule is CCNC(C1CCCCCC1)C1(C)CCCCC1. The van der Waals surface area contributed by atoms with Crippen molar-refractivity contribution in [3.63, 3.8) is 0 Å². The molecule has 2 saturated carbocycles. The molecule has 0 heterocycles. The minimum atomic E-state index is 0.587. The van der Waals surface area contributed by atoms with Crippen LogP contribution in [0.1, 0.15) is 84.5 Å². The lowest BCUT2D eigenvalue weighted by molar-refractivity contribution is 0.0963.